The molecule has 5 nitrogen and oxygen atoms in total. The molecule has 0 atom stereocenters. The fourth-order valence-electron chi connectivity index (χ4n) is 2.46. The van der Waals surface area contributed by atoms with Crippen LogP contribution in [0.2, 0.25) is 0 Å². The number of para-hydroxylation sites is 2. The number of anilines is 2. The minimum Gasteiger partial charge on any atom is -0.321 e. The Bertz CT molecular complexity index is 1070. The van der Waals surface area contributed by atoms with E-state index in [1.807, 2.05) is 6.07 Å². The van der Waals surface area contributed by atoms with Crippen molar-refractivity contribution in [3.05, 3.63) is 95.1 Å². The molecule has 2 amide bonds. The van der Waals surface area contributed by atoms with Gasteiger partial charge in [0.1, 0.15) is 23.4 Å². The topological polar surface area (TPSA) is 82.0 Å². The van der Waals surface area contributed by atoms with Crippen molar-refractivity contribution in [3.8, 4) is 6.07 Å². The average Bonchev–Trinajstić information content (AvgIpc) is 2.71. The van der Waals surface area contributed by atoms with E-state index < -0.39 is 29.1 Å². The number of hydrogen-bond acceptors (Lipinski definition) is 3. The Morgan fingerprint density at radius 3 is 1.86 bits per heavy atom. The summed E-state index contributed by atoms with van der Waals surface area (Å²) in [5, 5.41) is 13.9. The number of halogens is 2. The molecule has 3 aromatic carbocycles. The highest BCUT2D eigenvalue weighted by atomic mass is 19.1. The Morgan fingerprint density at radius 1 is 0.750 bits per heavy atom. The molecule has 0 aromatic heterocycles. The van der Waals surface area contributed by atoms with Gasteiger partial charge >= 0.3 is 0 Å². The van der Waals surface area contributed by atoms with E-state index in [1.54, 1.807) is 24.3 Å². The molecule has 0 heterocycles. The van der Waals surface area contributed by atoms with E-state index in [0.29, 0.717) is 11.3 Å². The maximum absolute atomic E-state index is 13.6. The molecule has 0 aliphatic carbocycles. The third kappa shape index (κ3) is 4.02. The lowest BCUT2D eigenvalue weighted by molar-refractivity contribution is 0.101. The zero-order valence-electron chi connectivity index (χ0n) is 14.4. The molecule has 0 spiro atoms. The van der Waals surface area contributed by atoms with E-state index in [0.717, 1.165) is 12.1 Å². The smallest absolute Gasteiger partial charge is 0.255 e. The second-order valence-corrected chi connectivity index (χ2v) is 5.74. The normalized spacial score (nSPS) is 10.0. The van der Waals surface area contributed by atoms with Gasteiger partial charge in [-0.15, -0.1) is 0 Å². The van der Waals surface area contributed by atoms with Crippen LogP contribution < -0.4 is 10.6 Å². The Labute approximate surface area is 159 Å². The van der Waals surface area contributed by atoms with E-state index in [2.05, 4.69) is 10.6 Å². The van der Waals surface area contributed by atoms with Crippen molar-refractivity contribution in [1.29, 1.82) is 5.26 Å². The van der Waals surface area contributed by atoms with Crippen LogP contribution in [0.5, 0.6) is 0 Å². The van der Waals surface area contributed by atoms with E-state index in [9.17, 15) is 18.4 Å². The van der Waals surface area contributed by atoms with E-state index in [4.69, 9.17) is 5.26 Å². The number of nitriles is 1. The fraction of sp³-hybridized carbons (Fsp3) is 0. The Morgan fingerprint density at radius 2 is 1.29 bits per heavy atom. The lowest BCUT2D eigenvalue weighted by Gasteiger charge is -2.09. The summed E-state index contributed by atoms with van der Waals surface area (Å²) in [4.78, 5) is 24.5. The standard InChI is InChI=1S/C21H13F2N3O2/c22-16-5-3-6-17(23)19(16)26-21(28)14-10-8-13(9-11-14)20(27)25-18-7-2-1-4-15(18)12-24/h1-11H,(H,25,27)(H,26,28). The Hall–Kier alpha value is -4.05. The van der Waals surface area contributed by atoms with Crippen molar-refractivity contribution in [3.63, 3.8) is 0 Å². The van der Waals surface area contributed by atoms with Crippen LogP contribution in [0, 0.1) is 23.0 Å². The first-order valence-corrected chi connectivity index (χ1v) is 8.15. The molecule has 0 radical (unpaired) electrons. The van der Waals surface area contributed by atoms with Crippen LogP contribution >= 0.6 is 0 Å². The predicted molar refractivity (Wildman–Crippen MR) is 99.9 cm³/mol. The second-order valence-electron chi connectivity index (χ2n) is 5.74. The third-order valence-electron chi connectivity index (χ3n) is 3.91. The number of carbonyl (C=O) groups excluding carboxylic acids is 2. The molecule has 0 saturated carbocycles. The molecular formula is C21H13F2N3O2. The second kappa shape index (κ2) is 8.10. The van der Waals surface area contributed by atoms with Gasteiger partial charge in [-0.1, -0.05) is 18.2 Å². The fourth-order valence-corrected chi connectivity index (χ4v) is 2.46. The number of amides is 2. The first-order chi connectivity index (χ1) is 13.5. The molecule has 7 heteroatoms. The van der Waals surface area contributed by atoms with Gasteiger partial charge in [0.15, 0.2) is 0 Å². The van der Waals surface area contributed by atoms with Crippen molar-refractivity contribution in [2.45, 2.75) is 0 Å². The third-order valence-corrected chi connectivity index (χ3v) is 3.91. The van der Waals surface area contributed by atoms with Gasteiger partial charge in [0.25, 0.3) is 11.8 Å². The molecular weight excluding hydrogens is 364 g/mol. The molecule has 0 fully saturated rings. The van der Waals surface area contributed by atoms with Gasteiger partial charge in [-0.05, 0) is 48.5 Å². The molecule has 3 aromatic rings. The zero-order valence-corrected chi connectivity index (χ0v) is 14.4. The number of nitrogens with zero attached hydrogens (tertiary/aromatic N) is 1. The lowest BCUT2D eigenvalue weighted by Crippen LogP contribution is -2.16. The van der Waals surface area contributed by atoms with Crippen LogP contribution in [-0.4, -0.2) is 11.8 Å². The molecule has 28 heavy (non-hydrogen) atoms. The van der Waals surface area contributed by atoms with E-state index in [-0.39, 0.29) is 11.1 Å². The molecule has 0 saturated heterocycles. The predicted octanol–water partition coefficient (Wildman–Crippen LogP) is 4.34. The average molecular weight is 377 g/mol. The minimum atomic E-state index is -0.888. The summed E-state index contributed by atoms with van der Waals surface area (Å²) in [7, 11) is 0. The quantitative estimate of drug-likeness (QED) is 0.710. The zero-order chi connectivity index (χ0) is 20.1. The molecule has 0 bridgehead atoms. The maximum Gasteiger partial charge on any atom is 0.255 e. The highest BCUT2D eigenvalue weighted by molar-refractivity contribution is 6.07. The Kier molecular flexibility index (Phi) is 5.42. The van der Waals surface area contributed by atoms with Gasteiger partial charge < -0.3 is 10.6 Å². The lowest BCUT2D eigenvalue weighted by atomic mass is 10.1. The monoisotopic (exact) mass is 377 g/mol. The Balaban J connectivity index is 1.73. The van der Waals surface area contributed by atoms with E-state index >= 15 is 0 Å². The first-order valence-electron chi connectivity index (χ1n) is 8.15. The van der Waals surface area contributed by atoms with Crippen molar-refractivity contribution < 1.29 is 18.4 Å². The van der Waals surface area contributed by atoms with Crippen LogP contribution in [0.4, 0.5) is 20.2 Å². The molecule has 0 unspecified atom stereocenters. The van der Waals surface area contributed by atoms with Crippen molar-refractivity contribution in [1.82, 2.24) is 0 Å². The van der Waals surface area contributed by atoms with Crippen molar-refractivity contribution in [2.24, 2.45) is 0 Å². The summed E-state index contributed by atoms with van der Waals surface area (Å²) in [6, 6.07) is 17.3. The van der Waals surface area contributed by atoms with Gasteiger partial charge in [0.05, 0.1) is 11.3 Å². The van der Waals surface area contributed by atoms with Crippen LogP contribution in [0.1, 0.15) is 26.3 Å². The highest BCUT2D eigenvalue weighted by Crippen LogP contribution is 2.19. The van der Waals surface area contributed by atoms with Crippen LogP contribution in [0.15, 0.2) is 66.7 Å². The first kappa shape index (κ1) is 18.7. The van der Waals surface area contributed by atoms with Gasteiger partial charge in [0.2, 0.25) is 0 Å². The molecule has 3 rings (SSSR count). The van der Waals surface area contributed by atoms with Gasteiger partial charge in [-0.25, -0.2) is 8.78 Å². The van der Waals surface area contributed by atoms with Gasteiger partial charge in [-0.2, -0.15) is 5.26 Å². The van der Waals surface area contributed by atoms with Crippen LogP contribution in [0.3, 0.4) is 0 Å². The summed E-state index contributed by atoms with van der Waals surface area (Å²) in [5.41, 5.74) is 0.519. The summed E-state index contributed by atoms with van der Waals surface area (Å²) < 4.78 is 27.3. The van der Waals surface area contributed by atoms with Gasteiger partial charge in [0, 0.05) is 11.1 Å². The number of carbonyl (C=O) groups is 2. The summed E-state index contributed by atoms with van der Waals surface area (Å²) in [5.74, 6) is -2.96. The van der Waals surface area contributed by atoms with E-state index in [1.165, 1.54) is 30.3 Å². The van der Waals surface area contributed by atoms with Crippen molar-refractivity contribution >= 4 is 23.2 Å². The molecule has 138 valence electrons. The number of benzene rings is 3. The number of hydrogen-bond donors (Lipinski definition) is 2. The summed E-state index contributed by atoms with van der Waals surface area (Å²) in [6.45, 7) is 0. The minimum absolute atomic E-state index is 0.122. The highest BCUT2D eigenvalue weighted by Gasteiger charge is 2.14. The van der Waals surface area contributed by atoms with Gasteiger partial charge in [-0.3, -0.25) is 9.59 Å². The molecule has 2 N–H and O–H groups in total. The number of nitrogens with one attached hydrogen (secondary N) is 2. The summed E-state index contributed by atoms with van der Waals surface area (Å²) in [6.07, 6.45) is 0. The maximum atomic E-state index is 13.6. The number of rotatable bonds is 4. The van der Waals surface area contributed by atoms with Crippen LogP contribution in [0.25, 0.3) is 0 Å². The van der Waals surface area contributed by atoms with Crippen LogP contribution in [-0.2, 0) is 0 Å². The summed E-state index contributed by atoms with van der Waals surface area (Å²) >= 11 is 0. The molecule has 0 aliphatic heterocycles. The molecule has 0 aliphatic rings. The van der Waals surface area contributed by atoms with Crippen molar-refractivity contribution in [2.75, 3.05) is 10.6 Å². The SMILES string of the molecule is N#Cc1ccccc1NC(=O)c1ccc(C(=O)Nc2c(F)cccc2F)cc1. The largest absolute Gasteiger partial charge is 0.321 e.